The largest absolute Gasteiger partial charge is 0.480 e. The maximum absolute atomic E-state index is 15.2. The highest BCUT2D eigenvalue weighted by Gasteiger charge is 2.38. The number of nitrogens with zero attached hydrogens (tertiary/aromatic N) is 3. The summed E-state index contributed by atoms with van der Waals surface area (Å²) >= 11 is 6.93. The Hall–Kier alpha value is -3.63. The van der Waals surface area contributed by atoms with E-state index in [1.165, 1.54) is 29.2 Å². The Labute approximate surface area is 255 Å². The first kappa shape index (κ1) is 32.3. The molecule has 2 saturated heterocycles. The third kappa shape index (κ3) is 8.06. The molecule has 2 atom stereocenters. The summed E-state index contributed by atoms with van der Waals surface area (Å²) in [6.07, 6.45) is -0.536. The number of thiophene rings is 1. The van der Waals surface area contributed by atoms with Crippen LogP contribution in [0.25, 0.3) is 0 Å². The van der Waals surface area contributed by atoms with Gasteiger partial charge in [0.1, 0.15) is 24.6 Å². The van der Waals surface area contributed by atoms with Crippen molar-refractivity contribution in [1.29, 1.82) is 0 Å². The topological polar surface area (TPSA) is 172 Å². The van der Waals surface area contributed by atoms with Gasteiger partial charge in [-0.1, -0.05) is 18.0 Å². The zero-order chi connectivity index (χ0) is 31.1. The van der Waals surface area contributed by atoms with Gasteiger partial charge in [0.15, 0.2) is 0 Å². The van der Waals surface area contributed by atoms with Crippen LogP contribution < -0.4 is 20.9 Å². The number of morpholine rings is 1. The fourth-order valence-electron chi connectivity index (χ4n) is 4.66. The summed E-state index contributed by atoms with van der Waals surface area (Å²) < 4.78 is 26.0. The van der Waals surface area contributed by atoms with Gasteiger partial charge in [-0.3, -0.25) is 34.3 Å². The molecule has 0 unspecified atom stereocenters. The van der Waals surface area contributed by atoms with Crippen LogP contribution in [-0.2, 0) is 23.9 Å². The first-order valence-corrected chi connectivity index (χ1v) is 14.7. The number of nitrogens with two attached hydrogens (primary N) is 1. The van der Waals surface area contributed by atoms with Crippen molar-refractivity contribution in [2.75, 3.05) is 55.7 Å². The molecule has 1 aromatic heterocycles. The number of anilines is 2. The number of ether oxygens (including phenoxy) is 2. The van der Waals surface area contributed by atoms with Gasteiger partial charge in [0.2, 0.25) is 5.91 Å². The summed E-state index contributed by atoms with van der Waals surface area (Å²) in [6.45, 7) is -0.186. The summed E-state index contributed by atoms with van der Waals surface area (Å²) in [5.74, 6) is -3.71. The number of benzene rings is 1. The van der Waals surface area contributed by atoms with Crippen LogP contribution in [0, 0.1) is 5.82 Å². The lowest BCUT2D eigenvalue weighted by atomic mass is 10.1. The highest BCUT2D eigenvalue weighted by atomic mass is 35.5. The van der Waals surface area contributed by atoms with E-state index in [2.05, 4.69) is 5.32 Å². The number of carbonyl (C=O) groups is 5. The Morgan fingerprint density at radius 1 is 1.21 bits per heavy atom. The summed E-state index contributed by atoms with van der Waals surface area (Å²) in [7, 11) is 0. The number of amides is 4. The molecular weight excluding hydrogens is 609 g/mol. The van der Waals surface area contributed by atoms with Crippen LogP contribution in [-0.4, -0.2) is 97.9 Å². The Kier molecular flexibility index (Phi) is 11.0. The van der Waals surface area contributed by atoms with Gasteiger partial charge in [0.25, 0.3) is 11.8 Å². The Bertz CT molecular complexity index is 1380. The van der Waals surface area contributed by atoms with Crippen molar-refractivity contribution in [2.45, 2.75) is 31.4 Å². The number of carbonyl (C=O) groups excluding carboxylic acids is 4. The summed E-state index contributed by atoms with van der Waals surface area (Å²) in [4.78, 5) is 66.5. The second-order valence-corrected chi connectivity index (χ2v) is 11.5. The number of carboxylic acid groups (broad SMARTS) is 1. The average Bonchev–Trinajstić information content (AvgIpc) is 3.57. The number of hydrogen-bond acceptors (Lipinski definition) is 10. The maximum Gasteiger partial charge on any atom is 0.414 e. The van der Waals surface area contributed by atoms with Crippen molar-refractivity contribution in [3.63, 3.8) is 0 Å². The molecule has 4 N–H and O–H groups in total. The normalized spacial score (nSPS) is 17.6. The molecule has 0 bridgehead atoms. The minimum Gasteiger partial charge on any atom is -0.480 e. The van der Waals surface area contributed by atoms with Gasteiger partial charge in [0.05, 0.1) is 41.1 Å². The van der Waals surface area contributed by atoms with Crippen LogP contribution in [0.5, 0.6) is 0 Å². The first-order valence-electron chi connectivity index (χ1n) is 13.5. The minimum absolute atomic E-state index is 0.102. The molecule has 4 rings (SSSR count). The number of nitrogens with one attached hydrogen (secondary N) is 1. The fraction of sp³-hybridized carbons (Fsp3) is 0.444. The smallest absolute Gasteiger partial charge is 0.414 e. The molecule has 4 amide bonds. The molecule has 3 heterocycles. The molecule has 2 aliphatic rings. The molecule has 0 aliphatic carbocycles. The molecule has 0 radical (unpaired) electrons. The number of cyclic esters (lactones) is 1. The predicted molar refractivity (Wildman–Crippen MR) is 155 cm³/mol. The molecular formula is C27H31ClFN5O8S. The van der Waals surface area contributed by atoms with Crippen LogP contribution in [0.4, 0.5) is 20.6 Å². The number of carboxylic acids is 1. The average molecular weight is 640 g/mol. The standard InChI is InChI=1S/C27H31ClFN5O8S/c28-22-7-6-21(43-22)25(37)34(23(35)12-31-19(26(38)39)3-1-2-8-30)14-17-13-33(27(40)42-17)20-5-4-16(11-18(20)29)32-9-10-41-15-24(32)36/h4-7,11,17,19,31H,1-3,8-10,12-15,30H2,(H,38,39)/t17-,19+/m1/s1. The molecule has 232 valence electrons. The Balaban J connectivity index is 1.47. The van der Waals surface area contributed by atoms with Crippen LogP contribution in [0.15, 0.2) is 30.3 Å². The lowest BCUT2D eigenvalue weighted by molar-refractivity contribution is -0.140. The molecule has 2 fully saturated rings. The van der Waals surface area contributed by atoms with E-state index >= 15 is 4.39 Å². The van der Waals surface area contributed by atoms with Crippen molar-refractivity contribution in [3.05, 3.63) is 45.4 Å². The number of halogens is 2. The van der Waals surface area contributed by atoms with Crippen molar-refractivity contribution >= 4 is 64.1 Å². The van der Waals surface area contributed by atoms with Crippen LogP contribution >= 0.6 is 22.9 Å². The number of aliphatic carboxylic acids is 1. The lowest BCUT2D eigenvalue weighted by Crippen LogP contribution is -2.49. The number of imide groups is 1. The molecule has 1 aromatic carbocycles. The second kappa shape index (κ2) is 14.7. The maximum atomic E-state index is 15.2. The summed E-state index contributed by atoms with van der Waals surface area (Å²) in [5.41, 5.74) is 5.68. The number of unbranched alkanes of at least 4 members (excludes halogenated alkanes) is 1. The third-order valence-corrected chi connectivity index (χ3v) is 8.07. The third-order valence-electron chi connectivity index (χ3n) is 6.85. The van der Waals surface area contributed by atoms with Crippen LogP contribution in [0.1, 0.15) is 28.9 Å². The molecule has 2 aliphatic heterocycles. The lowest BCUT2D eigenvalue weighted by Gasteiger charge is -2.27. The van der Waals surface area contributed by atoms with Crippen molar-refractivity contribution in [3.8, 4) is 0 Å². The Morgan fingerprint density at radius 2 is 2.00 bits per heavy atom. The highest BCUT2D eigenvalue weighted by Crippen LogP contribution is 2.30. The van der Waals surface area contributed by atoms with E-state index in [1.54, 1.807) is 0 Å². The van der Waals surface area contributed by atoms with Crippen molar-refractivity contribution in [2.24, 2.45) is 5.73 Å². The van der Waals surface area contributed by atoms with Gasteiger partial charge in [-0.25, -0.2) is 9.18 Å². The number of rotatable bonds is 13. The highest BCUT2D eigenvalue weighted by molar-refractivity contribution is 7.18. The van der Waals surface area contributed by atoms with E-state index < -0.39 is 48.4 Å². The first-order chi connectivity index (χ1) is 20.6. The summed E-state index contributed by atoms with van der Waals surface area (Å²) in [5, 5.41) is 12.2. The van der Waals surface area contributed by atoms with Gasteiger partial charge in [0, 0.05) is 12.2 Å². The zero-order valence-corrected chi connectivity index (χ0v) is 24.6. The predicted octanol–water partition coefficient (Wildman–Crippen LogP) is 2.07. The van der Waals surface area contributed by atoms with E-state index in [1.807, 2.05) is 0 Å². The van der Waals surface area contributed by atoms with Crippen molar-refractivity contribution < 1.29 is 42.9 Å². The molecule has 0 saturated carbocycles. The molecule has 43 heavy (non-hydrogen) atoms. The van der Waals surface area contributed by atoms with Gasteiger partial charge >= 0.3 is 12.1 Å². The Morgan fingerprint density at radius 3 is 2.65 bits per heavy atom. The quantitative estimate of drug-likeness (QED) is 0.276. The van der Waals surface area contributed by atoms with Gasteiger partial charge in [-0.05, 0) is 49.7 Å². The van der Waals surface area contributed by atoms with Crippen LogP contribution in [0.3, 0.4) is 0 Å². The zero-order valence-electron chi connectivity index (χ0n) is 23.0. The molecule has 2 aromatic rings. The van der Waals surface area contributed by atoms with E-state index in [9.17, 15) is 29.1 Å². The summed E-state index contributed by atoms with van der Waals surface area (Å²) in [6, 6.07) is 5.88. The molecule has 13 nitrogen and oxygen atoms in total. The molecule has 16 heteroatoms. The minimum atomic E-state index is -1.15. The van der Waals surface area contributed by atoms with E-state index in [-0.39, 0.29) is 49.1 Å². The SMILES string of the molecule is NCCCC[C@H](NCC(=O)N(C[C@H]1CN(c2ccc(N3CCOCC3=O)cc2F)C(=O)O1)C(=O)c1ccc(Cl)s1)C(=O)O. The fourth-order valence-corrected chi connectivity index (χ4v) is 5.65. The number of hydrogen-bond donors (Lipinski definition) is 3. The van der Waals surface area contributed by atoms with Gasteiger partial charge in [-0.2, -0.15) is 0 Å². The van der Waals surface area contributed by atoms with Crippen LogP contribution in [0.2, 0.25) is 4.34 Å². The van der Waals surface area contributed by atoms with Gasteiger partial charge in [-0.15, -0.1) is 11.3 Å². The second-order valence-electron chi connectivity index (χ2n) is 9.82. The molecule has 0 spiro atoms. The monoisotopic (exact) mass is 639 g/mol. The van der Waals surface area contributed by atoms with Gasteiger partial charge < -0.3 is 25.2 Å². The van der Waals surface area contributed by atoms with E-state index in [0.29, 0.717) is 36.0 Å². The van der Waals surface area contributed by atoms with E-state index in [4.69, 9.17) is 26.8 Å². The van der Waals surface area contributed by atoms with Crippen molar-refractivity contribution in [1.82, 2.24) is 10.2 Å². The van der Waals surface area contributed by atoms with E-state index in [0.717, 1.165) is 27.2 Å².